The van der Waals surface area contributed by atoms with Gasteiger partial charge in [0.15, 0.2) is 0 Å². The number of carbonyl (C=O) groups excluding carboxylic acids is 1. The summed E-state index contributed by atoms with van der Waals surface area (Å²) in [6.07, 6.45) is 2.88. The Morgan fingerprint density at radius 2 is 2.04 bits per heavy atom. The fourth-order valence-corrected chi connectivity index (χ4v) is 4.06. The Bertz CT molecular complexity index is 710. The molecular formula is C17H19N3O3S2. The van der Waals surface area contributed by atoms with Gasteiger partial charge in [-0.15, -0.1) is 0 Å². The monoisotopic (exact) mass is 377 g/mol. The van der Waals surface area contributed by atoms with Crippen LogP contribution in [0, 0.1) is 0 Å². The van der Waals surface area contributed by atoms with Gasteiger partial charge in [-0.05, 0) is 36.7 Å². The molecule has 0 radical (unpaired) electrons. The van der Waals surface area contributed by atoms with Gasteiger partial charge in [0.1, 0.15) is 10.9 Å². The van der Waals surface area contributed by atoms with Gasteiger partial charge in [0.2, 0.25) is 0 Å². The molecule has 3 rings (SSSR count). The molecule has 2 fully saturated rings. The fourth-order valence-electron chi connectivity index (χ4n) is 2.81. The summed E-state index contributed by atoms with van der Waals surface area (Å²) in [5.74, 6) is -1.42. The Balaban J connectivity index is 1.72. The molecule has 0 aliphatic carbocycles. The first-order chi connectivity index (χ1) is 12.0. The number of thiocarbonyl (C=S) groups is 1. The largest absolute Gasteiger partial charge is 0.480 e. The Morgan fingerprint density at radius 1 is 1.28 bits per heavy atom. The molecule has 132 valence electrons. The highest BCUT2D eigenvalue weighted by Crippen LogP contribution is 2.32. The number of carboxylic acids is 1. The van der Waals surface area contributed by atoms with Gasteiger partial charge in [-0.3, -0.25) is 14.5 Å². The third-order valence-corrected chi connectivity index (χ3v) is 5.44. The molecule has 0 bridgehead atoms. The first-order valence-electron chi connectivity index (χ1n) is 8.07. The minimum atomic E-state index is -1.08. The zero-order valence-corrected chi connectivity index (χ0v) is 15.2. The number of thioether (sulfide) groups is 1. The average molecular weight is 377 g/mol. The minimum Gasteiger partial charge on any atom is -0.480 e. The lowest BCUT2D eigenvalue weighted by atomic mass is 10.1. The third-order valence-electron chi connectivity index (χ3n) is 4.06. The lowest BCUT2D eigenvalue weighted by molar-refractivity contribution is -0.140. The van der Waals surface area contributed by atoms with Gasteiger partial charge in [-0.25, -0.2) is 0 Å². The van der Waals surface area contributed by atoms with Crippen molar-refractivity contribution in [3.8, 4) is 0 Å². The van der Waals surface area contributed by atoms with Gasteiger partial charge >= 0.3 is 5.97 Å². The number of carboxylic acid groups (broad SMARTS) is 1. The van der Waals surface area contributed by atoms with Crippen molar-refractivity contribution in [2.24, 2.45) is 0 Å². The Hall–Kier alpha value is -1.90. The van der Waals surface area contributed by atoms with E-state index < -0.39 is 12.5 Å². The number of aliphatic carboxylic acids is 1. The number of hydrogen-bond acceptors (Lipinski definition) is 6. The lowest BCUT2D eigenvalue weighted by Gasteiger charge is -2.22. The highest BCUT2D eigenvalue weighted by Gasteiger charge is 2.33. The second-order valence-corrected chi connectivity index (χ2v) is 7.52. The molecule has 2 saturated heterocycles. The molecule has 2 aliphatic heterocycles. The van der Waals surface area contributed by atoms with E-state index in [0.29, 0.717) is 4.91 Å². The van der Waals surface area contributed by atoms with Crippen LogP contribution < -0.4 is 10.2 Å². The third kappa shape index (κ3) is 4.39. The molecule has 0 atom stereocenters. The number of rotatable bonds is 4. The maximum atomic E-state index is 12.3. The van der Waals surface area contributed by atoms with Crippen LogP contribution in [0.25, 0.3) is 6.08 Å². The molecule has 2 N–H and O–H groups in total. The molecule has 1 aromatic carbocycles. The maximum absolute atomic E-state index is 12.3. The van der Waals surface area contributed by atoms with Crippen LogP contribution >= 0.6 is 24.0 Å². The van der Waals surface area contributed by atoms with E-state index in [9.17, 15) is 9.59 Å². The summed E-state index contributed by atoms with van der Waals surface area (Å²) in [4.78, 5) is 27.0. The van der Waals surface area contributed by atoms with E-state index in [1.54, 1.807) is 6.08 Å². The number of amides is 1. The van der Waals surface area contributed by atoms with Crippen LogP contribution in [-0.2, 0) is 9.59 Å². The van der Waals surface area contributed by atoms with Gasteiger partial charge in [0, 0.05) is 25.3 Å². The Morgan fingerprint density at radius 3 is 2.76 bits per heavy atom. The lowest BCUT2D eigenvalue weighted by Crippen LogP contribution is -2.33. The summed E-state index contributed by atoms with van der Waals surface area (Å²) in [6.45, 7) is 3.64. The topological polar surface area (TPSA) is 72.9 Å². The highest BCUT2D eigenvalue weighted by atomic mass is 32.2. The molecule has 2 aliphatic rings. The minimum absolute atomic E-state index is 0.285. The number of anilines is 1. The average Bonchev–Trinajstić information content (AvgIpc) is 2.79. The highest BCUT2D eigenvalue weighted by molar-refractivity contribution is 8.26. The van der Waals surface area contributed by atoms with Crippen LogP contribution in [0.2, 0.25) is 0 Å². The van der Waals surface area contributed by atoms with E-state index in [-0.39, 0.29) is 10.2 Å². The first-order valence-corrected chi connectivity index (χ1v) is 9.30. The Labute approximate surface area is 155 Å². The number of hydrogen-bond donors (Lipinski definition) is 2. The molecule has 0 unspecified atom stereocenters. The fraction of sp³-hybridized carbons (Fsp3) is 0.353. The van der Waals surface area contributed by atoms with Crippen LogP contribution in [0.1, 0.15) is 12.0 Å². The molecular weight excluding hydrogens is 358 g/mol. The number of nitrogens with one attached hydrogen (secondary N) is 1. The van der Waals surface area contributed by atoms with Crippen LogP contribution in [-0.4, -0.2) is 58.9 Å². The van der Waals surface area contributed by atoms with Crippen molar-refractivity contribution < 1.29 is 14.7 Å². The van der Waals surface area contributed by atoms with Gasteiger partial charge in [0.25, 0.3) is 5.91 Å². The summed E-state index contributed by atoms with van der Waals surface area (Å²) in [5, 5.41) is 12.3. The van der Waals surface area contributed by atoms with E-state index >= 15 is 0 Å². The first kappa shape index (κ1) is 17.9. The molecule has 8 heteroatoms. The predicted octanol–water partition coefficient (Wildman–Crippen LogP) is 1.77. The maximum Gasteiger partial charge on any atom is 0.323 e. The van der Waals surface area contributed by atoms with Crippen LogP contribution in [0.5, 0.6) is 0 Å². The second-order valence-electron chi connectivity index (χ2n) is 5.84. The number of benzene rings is 1. The summed E-state index contributed by atoms with van der Waals surface area (Å²) in [7, 11) is 0. The summed E-state index contributed by atoms with van der Waals surface area (Å²) in [5.41, 5.74) is 2.06. The zero-order chi connectivity index (χ0) is 17.8. The van der Waals surface area contributed by atoms with E-state index in [1.807, 2.05) is 12.1 Å². The van der Waals surface area contributed by atoms with Crippen LogP contribution in [0.4, 0.5) is 5.69 Å². The number of nitrogens with zero attached hydrogens (tertiary/aromatic N) is 2. The van der Waals surface area contributed by atoms with Gasteiger partial charge in [-0.2, -0.15) is 0 Å². The summed E-state index contributed by atoms with van der Waals surface area (Å²) in [6, 6.07) is 8.04. The van der Waals surface area contributed by atoms with Crippen molar-refractivity contribution in [1.29, 1.82) is 0 Å². The zero-order valence-electron chi connectivity index (χ0n) is 13.6. The molecule has 1 amide bonds. The van der Waals surface area contributed by atoms with Crippen molar-refractivity contribution in [2.75, 3.05) is 37.6 Å². The van der Waals surface area contributed by atoms with Gasteiger partial charge < -0.3 is 15.3 Å². The quantitative estimate of drug-likeness (QED) is 0.612. The van der Waals surface area contributed by atoms with Crippen molar-refractivity contribution in [3.63, 3.8) is 0 Å². The Kier molecular flexibility index (Phi) is 5.72. The van der Waals surface area contributed by atoms with Gasteiger partial charge in [-0.1, -0.05) is 36.1 Å². The van der Waals surface area contributed by atoms with Crippen molar-refractivity contribution >= 4 is 51.9 Å². The molecule has 2 heterocycles. The van der Waals surface area contributed by atoms with Crippen LogP contribution in [0.15, 0.2) is 29.2 Å². The second kappa shape index (κ2) is 7.99. The molecule has 0 saturated carbocycles. The van der Waals surface area contributed by atoms with E-state index in [2.05, 4.69) is 22.3 Å². The predicted molar refractivity (Wildman–Crippen MR) is 104 cm³/mol. The molecule has 0 aromatic heterocycles. The van der Waals surface area contributed by atoms with Crippen LogP contribution in [0.3, 0.4) is 0 Å². The van der Waals surface area contributed by atoms with E-state index in [1.165, 1.54) is 5.69 Å². The molecule has 0 spiro atoms. The normalized spacial score (nSPS) is 20.2. The standard InChI is InChI=1S/C17H19N3O3S2/c21-15(22)11-20-16(23)14(25-17(20)24)10-12-2-4-13(5-3-12)19-8-1-6-18-7-9-19/h2-5,10,18H,1,6-9,11H2,(H,21,22)/b14-10+. The SMILES string of the molecule is O=C(O)CN1C(=O)/C(=C\c2ccc(N3CCCNCC3)cc2)SC1=S. The summed E-state index contributed by atoms with van der Waals surface area (Å²) >= 11 is 6.24. The molecule has 25 heavy (non-hydrogen) atoms. The van der Waals surface area contributed by atoms with Crippen molar-refractivity contribution in [2.45, 2.75) is 6.42 Å². The number of carbonyl (C=O) groups is 2. The van der Waals surface area contributed by atoms with Gasteiger partial charge in [0.05, 0.1) is 4.91 Å². The van der Waals surface area contributed by atoms with E-state index in [4.69, 9.17) is 17.3 Å². The van der Waals surface area contributed by atoms with Crippen molar-refractivity contribution in [3.05, 3.63) is 34.7 Å². The summed E-state index contributed by atoms with van der Waals surface area (Å²) < 4.78 is 0.285. The smallest absolute Gasteiger partial charge is 0.323 e. The molecule has 1 aromatic rings. The van der Waals surface area contributed by atoms with Crippen molar-refractivity contribution in [1.82, 2.24) is 10.2 Å². The van der Waals surface area contributed by atoms with E-state index in [0.717, 1.165) is 54.8 Å². The molecule has 6 nitrogen and oxygen atoms in total.